The molecule has 0 aliphatic rings. The molecule has 98 valence electrons. The SMILES string of the molecule is O=C(NCc1ccc2ccccc2c1)c1cccnc1. The van der Waals surface area contributed by atoms with Crippen molar-refractivity contribution >= 4 is 16.7 Å². The third kappa shape index (κ3) is 2.67. The molecule has 2 aromatic carbocycles. The van der Waals surface area contributed by atoms with Crippen molar-refractivity contribution in [2.24, 2.45) is 0 Å². The maximum absolute atomic E-state index is 11.9. The van der Waals surface area contributed by atoms with Gasteiger partial charge in [-0.05, 0) is 34.5 Å². The van der Waals surface area contributed by atoms with Gasteiger partial charge in [0.15, 0.2) is 0 Å². The third-order valence-corrected chi connectivity index (χ3v) is 3.19. The zero-order valence-electron chi connectivity index (χ0n) is 10.9. The van der Waals surface area contributed by atoms with Crippen molar-refractivity contribution in [1.82, 2.24) is 10.3 Å². The van der Waals surface area contributed by atoms with Gasteiger partial charge in [0.25, 0.3) is 5.91 Å². The average molecular weight is 262 g/mol. The summed E-state index contributed by atoms with van der Waals surface area (Å²) in [4.78, 5) is 15.9. The van der Waals surface area contributed by atoms with Crippen LogP contribution in [0.4, 0.5) is 0 Å². The molecule has 0 aliphatic heterocycles. The molecular formula is C17H14N2O. The molecule has 3 heteroatoms. The molecule has 3 rings (SSSR count). The molecule has 3 nitrogen and oxygen atoms in total. The minimum atomic E-state index is -0.105. The van der Waals surface area contributed by atoms with Crippen molar-refractivity contribution < 1.29 is 4.79 Å². The van der Waals surface area contributed by atoms with E-state index in [0.29, 0.717) is 12.1 Å². The van der Waals surface area contributed by atoms with Crippen molar-refractivity contribution in [3.8, 4) is 0 Å². The summed E-state index contributed by atoms with van der Waals surface area (Å²) in [6, 6.07) is 17.9. The summed E-state index contributed by atoms with van der Waals surface area (Å²) >= 11 is 0. The Kier molecular flexibility index (Phi) is 3.42. The second-order valence-electron chi connectivity index (χ2n) is 4.61. The predicted octanol–water partition coefficient (Wildman–Crippen LogP) is 3.16. The van der Waals surface area contributed by atoms with Gasteiger partial charge in [-0.2, -0.15) is 0 Å². The Morgan fingerprint density at radius 2 is 1.85 bits per heavy atom. The van der Waals surface area contributed by atoms with Gasteiger partial charge >= 0.3 is 0 Å². The molecule has 20 heavy (non-hydrogen) atoms. The molecule has 0 aliphatic carbocycles. The van der Waals surface area contributed by atoms with Crippen LogP contribution in [0.5, 0.6) is 0 Å². The summed E-state index contributed by atoms with van der Waals surface area (Å²) in [6.45, 7) is 0.512. The Morgan fingerprint density at radius 1 is 1.00 bits per heavy atom. The number of nitrogens with zero attached hydrogens (tertiary/aromatic N) is 1. The zero-order valence-corrected chi connectivity index (χ0v) is 10.9. The van der Waals surface area contributed by atoms with Crippen LogP contribution in [0.1, 0.15) is 15.9 Å². The summed E-state index contributed by atoms with van der Waals surface area (Å²) in [5, 5.41) is 5.29. The highest BCUT2D eigenvalue weighted by Crippen LogP contribution is 2.15. The van der Waals surface area contributed by atoms with Crippen molar-refractivity contribution in [3.63, 3.8) is 0 Å². The maximum Gasteiger partial charge on any atom is 0.253 e. The first kappa shape index (κ1) is 12.4. The number of pyridine rings is 1. The van der Waals surface area contributed by atoms with Crippen LogP contribution in [0.3, 0.4) is 0 Å². The molecule has 1 amide bonds. The number of aromatic nitrogens is 1. The molecule has 0 spiro atoms. The highest BCUT2D eigenvalue weighted by molar-refractivity contribution is 5.93. The van der Waals surface area contributed by atoms with E-state index in [0.717, 1.165) is 5.56 Å². The lowest BCUT2D eigenvalue weighted by Crippen LogP contribution is -2.22. The van der Waals surface area contributed by atoms with Crippen LogP contribution in [0.15, 0.2) is 67.0 Å². The lowest BCUT2D eigenvalue weighted by atomic mass is 10.1. The molecule has 0 radical (unpaired) electrons. The number of amides is 1. The van der Waals surface area contributed by atoms with Gasteiger partial charge in [-0.3, -0.25) is 9.78 Å². The first-order chi connectivity index (χ1) is 9.83. The van der Waals surface area contributed by atoms with E-state index in [-0.39, 0.29) is 5.91 Å². The molecule has 0 fully saturated rings. The van der Waals surface area contributed by atoms with Gasteiger partial charge in [0.1, 0.15) is 0 Å². The number of rotatable bonds is 3. The number of hydrogen-bond acceptors (Lipinski definition) is 2. The van der Waals surface area contributed by atoms with Crippen LogP contribution in [0.2, 0.25) is 0 Å². The van der Waals surface area contributed by atoms with E-state index < -0.39 is 0 Å². The molecular weight excluding hydrogens is 248 g/mol. The minimum absolute atomic E-state index is 0.105. The normalized spacial score (nSPS) is 10.4. The largest absolute Gasteiger partial charge is 0.348 e. The predicted molar refractivity (Wildman–Crippen MR) is 79.4 cm³/mol. The summed E-state index contributed by atoms with van der Waals surface area (Å²) in [5.41, 5.74) is 1.66. The van der Waals surface area contributed by atoms with Gasteiger partial charge in [-0.1, -0.05) is 36.4 Å². The highest BCUT2D eigenvalue weighted by atomic mass is 16.1. The van der Waals surface area contributed by atoms with Gasteiger partial charge in [0, 0.05) is 18.9 Å². The minimum Gasteiger partial charge on any atom is -0.348 e. The van der Waals surface area contributed by atoms with Crippen LogP contribution >= 0.6 is 0 Å². The van der Waals surface area contributed by atoms with Crippen LogP contribution < -0.4 is 5.32 Å². The molecule has 0 saturated heterocycles. The Bertz CT molecular complexity index is 738. The smallest absolute Gasteiger partial charge is 0.253 e. The number of nitrogens with one attached hydrogen (secondary N) is 1. The van der Waals surface area contributed by atoms with E-state index >= 15 is 0 Å². The molecule has 1 aromatic heterocycles. The Hall–Kier alpha value is -2.68. The van der Waals surface area contributed by atoms with Gasteiger partial charge in [0.2, 0.25) is 0 Å². The molecule has 0 unspecified atom stereocenters. The van der Waals surface area contributed by atoms with Crippen LogP contribution in [0, 0.1) is 0 Å². The van der Waals surface area contributed by atoms with Gasteiger partial charge < -0.3 is 5.32 Å². The topological polar surface area (TPSA) is 42.0 Å². The van der Waals surface area contributed by atoms with E-state index in [1.54, 1.807) is 24.5 Å². The number of fused-ring (bicyclic) bond motifs is 1. The summed E-state index contributed by atoms with van der Waals surface area (Å²) in [6.07, 6.45) is 3.22. The monoisotopic (exact) mass is 262 g/mol. The maximum atomic E-state index is 11.9. The van der Waals surface area contributed by atoms with Gasteiger partial charge in [-0.25, -0.2) is 0 Å². The fraction of sp³-hybridized carbons (Fsp3) is 0.0588. The standard InChI is InChI=1S/C17H14N2O/c20-17(16-6-3-9-18-12-16)19-11-13-7-8-14-4-1-2-5-15(14)10-13/h1-10,12H,11H2,(H,19,20). The number of benzene rings is 2. The molecule has 0 saturated carbocycles. The van der Waals surface area contributed by atoms with Crippen LogP contribution in [-0.2, 0) is 6.54 Å². The first-order valence-corrected chi connectivity index (χ1v) is 6.49. The molecule has 1 N–H and O–H groups in total. The Morgan fingerprint density at radius 3 is 2.65 bits per heavy atom. The van der Waals surface area contributed by atoms with E-state index in [4.69, 9.17) is 0 Å². The van der Waals surface area contributed by atoms with Gasteiger partial charge in [0.05, 0.1) is 5.56 Å². The Labute approximate surface area is 117 Å². The Balaban J connectivity index is 1.72. The van der Waals surface area contributed by atoms with Gasteiger partial charge in [-0.15, -0.1) is 0 Å². The lowest BCUT2D eigenvalue weighted by Gasteiger charge is -2.06. The summed E-state index contributed by atoms with van der Waals surface area (Å²) in [7, 11) is 0. The highest BCUT2D eigenvalue weighted by Gasteiger charge is 2.04. The third-order valence-electron chi connectivity index (χ3n) is 3.19. The molecule has 3 aromatic rings. The van der Waals surface area contributed by atoms with E-state index in [9.17, 15) is 4.79 Å². The van der Waals surface area contributed by atoms with Crippen molar-refractivity contribution in [3.05, 3.63) is 78.1 Å². The summed E-state index contributed by atoms with van der Waals surface area (Å²) in [5.74, 6) is -0.105. The number of carbonyl (C=O) groups is 1. The molecule has 0 bridgehead atoms. The van der Waals surface area contributed by atoms with Crippen molar-refractivity contribution in [2.75, 3.05) is 0 Å². The first-order valence-electron chi connectivity index (χ1n) is 6.49. The second kappa shape index (κ2) is 5.53. The fourth-order valence-electron chi connectivity index (χ4n) is 2.13. The van der Waals surface area contributed by atoms with Crippen LogP contribution in [-0.4, -0.2) is 10.9 Å². The summed E-state index contributed by atoms with van der Waals surface area (Å²) < 4.78 is 0. The number of hydrogen-bond donors (Lipinski definition) is 1. The molecule has 1 heterocycles. The fourth-order valence-corrected chi connectivity index (χ4v) is 2.13. The average Bonchev–Trinajstić information content (AvgIpc) is 2.53. The quantitative estimate of drug-likeness (QED) is 0.787. The van der Waals surface area contributed by atoms with E-state index in [1.807, 2.05) is 18.2 Å². The van der Waals surface area contributed by atoms with Crippen molar-refractivity contribution in [1.29, 1.82) is 0 Å². The second-order valence-corrected chi connectivity index (χ2v) is 4.61. The zero-order chi connectivity index (χ0) is 13.8. The van der Waals surface area contributed by atoms with E-state index in [1.165, 1.54) is 10.8 Å². The van der Waals surface area contributed by atoms with Crippen molar-refractivity contribution in [2.45, 2.75) is 6.54 Å². The molecule has 0 atom stereocenters. The lowest BCUT2D eigenvalue weighted by molar-refractivity contribution is 0.0950. The van der Waals surface area contributed by atoms with E-state index in [2.05, 4.69) is 34.6 Å². The number of carbonyl (C=O) groups excluding carboxylic acids is 1. The van der Waals surface area contributed by atoms with Crippen LogP contribution in [0.25, 0.3) is 10.8 Å².